The molecule has 0 radical (unpaired) electrons. The van der Waals surface area contributed by atoms with Crippen LogP contribution in [-0.2, 0) is 4.79 Å². The van der Waals surface area contributed by atoms with Crippen LogP contribution in [0.3, 0.4) is 0 Å². The molecule has 0 unspecified atom stereocenters. The molecule has 0 fully saturated rings. The van der Waals surface area contributed by atoms with Gasteiger partial charge in [-0.2, -0.15) is 0 Å². The Kier molecular flexibility index (Phi) is 5.23. The van der Waals surface area contributed by atoms with Crippen molar-refractivity contribution in [2.45, 2.75) is 6.92 Å². The van der Waals surface area contributed by atoms with Crippen molar-refractivity contribution in [3.63, 3.8) is 0 Å². The van der Waals surface area contributed by atoms with Gasteiger partial charge in [0.1, 0.15) is 0 Å². The average Bonchev–Trinajstić information content (AvgIpc) is 2.17. The molecule has 70 valence electrons. The fraction of sp³-hybridized carbons (Fsp3) is 0.100. The highest BCUT2D eigenvalue weighted by Gasteiger charge is 2.05. The van der Waals surface area contributed by atoms with E-state index in [0.717, 1.165) is 0 Å². The summed E-state index contributed by atoms with van der Waals surface area (Å²) in [5, 5.41) is 0. The van der Waals surface area contributed by atoms with Gasteiger partial charge >= 0.3 is 0 Å². The largest absolute Gasteiger partial charge is 0.323 e. The first-order valence-electron chi connectivity index (χ1n) is 3.84. The van der Waals surface area contributed by atoms with Crippen molar-refractivity contribution in [2.75, 3.05) is 0 Å². The molecule has 0 aromatic rings. The monoisotopic (exact) mass is 178 g/mol. The molecule has 0 aromatic carbocycles. The van der Waals surface area contributed by atoms with Crippen LogP contribution >= 0.6 is 0 Å². The third kappa shape index (κ3) is 3.09. The summed E-state index contributed by atoms with van der Waals surface area (Å²) in [5.74, 6) is 5.03. The number of nitrogens with two attached hydrogens (primary N) is 1. The second-order valence-corrected chi connectivity index (χ2v) is 2.24. The number of carbonyl (C=O) groups is 1. The summed E-state index contributed by atoms with van der Waals surface area (Å²) >= 11 is 0. The van der Waals surface area contributed by atoms with E-state index in [0.29, 0.717) is 11.3 Å². The van der Waals surface area contributed by atoms with E-state index < -0.39 is 0 Å². The van der Waals surface area contributed by atoms with Crippen LogP contribution in [0.25, 0.3) is 0 Å². The maximum atomic E-state index is 11.2. The second kappa shape index (κ2) is 5.97. The molecule has 0 aliphatic carbocycles. The smallest absolute Gasteiger partial charge is 0.187 e. The zero-order valence-electron chi connectivity index (χ0n) is 7.71. The highest BCUT2D eigenvalue weighted by molar-refractivity contribution is 6.06. The predicted molar refractivity (Wildman–Crippen MR) is 54.6 cm³/mol. The summed E-state index contributed by atoms with van der Waals surface area (Å²) < 4.78 is 0. The van der Waals surface area contributed by atoms with Crippen molar-refractivity contribution in [1.29, 1.82) is 0 Å². The summed E-state index contributed by atoms with van der Waals surface area (Å²) in [6, 6.07) is 0. The van der Waals surface area contributed by atoms with E-state index in [1.54, 1.807) is 12.2 Å². The Morgan fingerprint density at radius 1 is 1.38 bits per heavy atom. The number of ketones is 1. The Bertz CT molecular complexity index is 275. The van der Waals surface area contributed by atoms with Gasteiger partial charge in [-0.05, 0) is 19.1 Å². The van der Waals surface area contributed by atoms with Gasteiger partial charge in [0.2, 0.25) is 0 Å². The van der Waals surface area contributed by atoms with Crippen molar-refractivity contribution in [2.24, 2.45) is 5.84 Å². The van der Waals surface area contributed by atoms with E-state index in [1.165, 1.54) is 12.2 Å². The van der Waals surface area contributed by atoms with Gasteiger partial charge in [0.25, 0.3) is 0 Å². The molecule has 0 spiro atoms. The fourth-order valence-electron chi connectivity index (χ4n) is 0.836. The molecule has 0 saturated heterocycles. The highest BCUT2D eigenvalue weighted by atomic mass is 16.1. The minimum absolute atomic E-state index is 0.207. The lowest BCUT2D eigenvalue weighted by molar-refractivity contribution is -0.111. The summed E-state index contributed by atoms with van der Waals surface area (Å²) in [4.78, 5) is 11.2. The summed E-state index contributed by atoms with van der Waals surface area (Å²) in [5.41, 5.74) is 3.36. The summed E-state index contributed by atoms with van der Waals surface area (Å²) in [7, 11) is 0. The lowest BCUT2D eigenvalue weighted by atomic mass is 10.1. The van der Waals surface area contributed by atoms with Gasteiger partial charge in [0, 0.05) is 5.57 Å². The third-order valence-electron chi connectivity index (χ3n) is 1.43. The van der Waals surface area contributed by atoms with Crippen molar-refractivity contribution in [3.05, 3.63) is 48.7 Å². The number of hydrazine groups is 1. The van der Waals surface area contributed by atoms with Crippen LogP contribution in [0.15, 0.2) is 48.7 Å². The molecule has 0 heterocycles. The molecule has 0 rings (SSSR count). The number of carbonyl (C=O) groups excluding carboxylic acids is 1. The lowest BCUT2D eigenvalue weighted by Gasteiger charge is -2.04. The molecule has 0 amide bonds. The molecule has 0 saturated carbocycles. The van der Waals surface area contributed by atoms with E-state index in [4.69, 9.17) is 5.84 Å². The van der Waals surface area contributed by atoms with Crippen LogP contribution in [0.1, 0.15) is 6.92 Å². The SMILES string of the molecule is C=CC(=O)C(C=C)=C(/C=C\C)NN. The van der Waals surface area contributed by atoms with Gasteiger partial charge in [0.05, 0.1) is 5.70 Å². The zero-order valence-corrected chi connectivity index (χ0v) is 7.71. The minimum Gasteiger partial charge on any atom is -0.323 e. The molecular formula is C10H14N2O. The van der Waals surface area contributed by atoms with Crippen LogP contribution in [0, 0.1) is 0 Å². The van der Waals surface area contributed by atoms with Crippen LogP contribution in [0.4, 0.5) is 0 Å². The van der Waals surface area contributed by atoms with Crippen molar-refractivity contribution < 1.29 is 4.79 Å². The average molecular weight is 178 g/mol. The fourth-order valence-corrected chi connectivity index (χ4v) is 0.836. The second-order valence-electron chi connectivity index (χ2n) is 2.24. The Hall–Kier alpha value is -1.61. The highest BCUT2D eigenvalue weighted by Crippen LogP contribution is 2.05. The topological polar surface area (TPSA) is 55.1 Å². The van der Waals surface area contributed by atoms with Crippen LogP contribution in [0.2, 0.25) is 0 Å². The number of nitrogens with one attached hydrogen (secondary N) is 1. The van der Waals surface area contributed by atoms with Gasteiger partial charge < -0.3 is 5.43 Å². The maximum absolute atomic E-state index is 11.2. The van der Waals surface area contributed by atoms with E-state index in [2.05, 4.69) is 18.6 Å². The molecule has 0 atom stereocenters. The van der Waals surface area contributed by atoms with E-state index in [1.807, 2.05) is 6.92 Å². The zero-order chi connectivity index (χ0) is 10.3. The summed E-state index contributed by atoms with van der Waals surface area (Å²) in [6.45, 7) is 8.74. The molecule has 3 heteroatoms. The molecule has 0 aliphatic rings. The first-order chi connectivity index (χ1) is 6.21. The normalized spacial score (nSPS) is 12.2. The quantitative estimate of drug-likeness (QED) is 0.288. The van der Waals surface area contributed by atoms with Crippen LogP contribution in [-0.4, -0.2) is 5.78 Å². The molecule has 0 bridgehead atoms. The number of hydrogen-bond donors (Lipinski definition) is 2. The molecule has 3 nitrogen and oxygen atoms in total. The molecule has 13 heavy (non-hydrogen) atoms. The Morgan fingerprint density at radius 3 is 2.31 bits per heavy atom. The summed E-state index contributed by atoms with van der Waals surface area (Å²) in [6.07, 6.45) is 6.13. The standard InChI is InChI=1S/C10H14N2O/c1-4-7-9(12-11)8(5-2)10(13)6-3/h4-7,12H,2-3,11H2,1H3/b7-4-,9-8?. The number of allylic oxidation sites excluding steroid dienone is 5. The van der Waals surface area contributed by atoms with Gasteiger partial charge in [-0.1, -0.05) is 25.3 Å². The van der Waals surface area contributed by atoms with E-state index in [-0.39, 0.29) is 5.78 Å². The van der Waals surface area contributed by atoms with Gasteiger partial charge in [-0.25, -0.2) is 0 Å². The van der Waals surface area contributed by atoms with Gasteiger partial charge in [-0.15, -0.1) is 0 Å². The molecule has 3 N–H and O–H groups in total. The predicted octanol–water partition coefficient (Wildman–Crippen LogP) is 1.22. The maximum Gasteiger partial charge on any atom is 0.187 e. The van der Waals surface area contributed by atoms with Crippen LogP contribution in [0.5, 0.6) is 0 Å². The number of rotatable bonds is 5. The van der Waals surface area contributed by atoms with Crippen molar-refractivity contribution in [1.82, 2.24) is 5.43 Å². The van der Waals surface area contributed by atoms with Gasteiger partial charge in [-0.3, -0.25) is 10.6 Å². The number of hydrogen-bond acceptors (Lipinski definition) is 3. The third-order valence-corrected chi connectivity index (χ3v) is 1.43. The Labute approximate surface area is 78.3 Å². The van der Waals surface area contributed by atoms with Crippen LogP contribution < -0.4 is 11.3 Å². The molecule has 0 aromatic heterocycles. The molecular weight excluding hydrogens is 164 g/mol. The molecule has 0 aliphatic heterocycles. The minimum atomic E-state index is -0.207. The Morgan fingerprint density at radius 2 is 2.00 bits per heavy atom. The van der Waals surface area contributed by atoms with Crippen molar-refractivity contribution >= 4 is 5.78 Å². The van der Waals surface area contributed by atoms with E-state index >= 15 is 0 Å². The first-order valence-corrected chi connectivity index (χ1v) is 3.84. The van der Waals surface area contributed by atoms with Crippen molar-refractivity contribution in [3.8, 4) is 0 Å². The van der Waals surface area contributed by atoms with Gasteiger partial charge in [0.15, 0.2) is 5.78 Å². The van der Waals surface area contributed by atoms with E-state index in [9.17, 15) is 4.79 Å². The lowest BCUT2D eigenvalue weighted by Crippen LogP contribution is -2.22. The Balaban J connectivity index is 5.15. The first kappa shape index (κ1) is 11.4.